The topological polar surface area (TPSA) is 65.9 Å². The van der Waals surface area contributed by atoms with E-state index in [2.05, 4.69) is 16.0 Å². The number of pyridine rings is 1. The number of hydrogen-bond donors (Lipinski definition) is 1. The first-order chi connectivity index (χ1) is 9.20. The summed E-state index contributed by atoms with van der Waals surface area (Å²) in [6, 6.07) is 13.8. The van der Waals surface area contributed by atoms with Gasteiger partial charge in [0.05, 0.1) is 24.7 Å². The van der Waals surface area contributed by atoms with Crippen LogP contribution in [0.1, 0.15) is 11.3 Å². The molecule has 2 rings (SSSR count). The molecule has 0 unspecified atom stereocenters. The van der Waals surface area contributed by atoms with Crippen molar-refractivity contribution in [3.05, 3.63) is 53.9 Å². The van der Waals surface area contributed by atoms with Crippen LogP contribution >= 0.6 is 0 Å². The van der Waals surface area contributed by atoms with Gasteiger partial charge < -0.3 is 10.6 Å². The van der Waals surface area contributed by atoms with Gasteiger partial charge in [-0.05, 0) is 35.9 Å². The molecule has 0 spiro atoms. The number of anilines is 2. The summed E-state index contributed by atoms with van der Waals surface area (Å²) in [4.78, 5) is 6.39. The molecule has 0 aliphatic carbocycles. The van der Waals surface area contributed by atoms with E-state index in [1.165, 1.54) is 0 Å². The van der Waals surface area contributed by atoms with Gasteiger partial charge in [-0.15, -0.1) is 0 Å². The van der Waals surface area contributed by atoms with Crippen LogP contribution in [-0.4, -0.2) is 12.0 Å². The monoisotopic (exact) mass is 252 g/mol. The van der Waals surface area contributed by atoms with E-state index in [1.54, 1.807) is 6.20 Å². The molecule has 0 saturated heterocycles. The zero-order chi connectivity index (χ0) is 13.7. The fraction of sp³-hybridized carbons (Fsp3) is 0.200. The van der Waals surface area contributed by atoms with Crippen LogP contribution in [0.5, 0.6) is 0 Å². The van der Waals surface area contributed by atoms with E-state index in [0.717, 1.165) is 23.5 Å². The molecule has 0 radical (unpaired) electrons. The maximum Gasteiger partial charge on any atom is 0.0670 e. The van der Waals surface area contributed by atoms with Crippen molar-refractivity contribution in [1.82, 2.24) is 4.98 Å². The van der Waals surface area contributed by atoms with Crippen LogP contribution in [0.4, 0.5) is 11.4 Å². The third kappa shape index (κ3) is 3.23. The zero-order valence-corrected chi connectivity index (χ0v) is 10.9. The molecule has 0 bridgehead atoms. The highest BCUT2D eigenvalue weighted by Crippen LogP contribution is 2.21. The van der Waals surface area contributed by atoms with Crippen LogP contribution in [0.15, 0.2) is 42.6 Å². The normalized spacial score (nSPS) is 9.89. The van der Waals surface area contributed by atoms with E-state index in [0.29, 0.717) is 12.1 Å². The number of nitrogen functional groups attached to an aromatic ring is 1. The average Bonchev–Trinajstić information content (AvgIpc) is 2.42. The standard InChI is InChI=1S/C15H16N4/c1-19(11-13-4-2-3-9-18-13)14-5-6-15(17)12(10-14)7-8-16/h2-6,9-10H,7,11,17H2,1H3. The number of nitrogens with zero attached hydrogens (tertiary/aromatic N) is 3. The van der Waals surface area contributed by atoms with Crippen LogP contribution < -0.4 is 10.6 Å². The molecule has 1 aromatic heterocycles. The van der Waals surface area contributed by atoms with Crippen molar-refractivity contribution in [3.8, 4) is 6.07 Å². The minimum absolute atomic E-state index is 0.330. The first-order valence-corrected chi connectivity index (χ1v) is 6.07. The van der Waals surface area contributed by atoms with E-state index in [4.69, 9.17) is 11.0 Å². The van der Waals surface area contributed by atoms with Gasteiger partial charge in [0.25, 0.3) is 0 Å². The highest BCUT2D eigenvalue weighted by Gasteiger charge is 2.06. The highest BCUT2D eigenvalue weighted by atomic mass is 15.1. The lowest BCUT2D eigenvalue weighted by Gasteiger charge is -2.20. The minimum atomic E-state index is 0.330. The third-order valence-corrected chi connectivity index (χ3v) is 2.96. The van der Waals surface area contributed by atoms with E-state index in [9.17, 15) is 0 Å². The molecular weight excluding hydrogens is 236 g/mol. The first-order valence-electron chi connectivity index (χ1n) is 6.07. The van der Waals surface area contributed by atoms with Crippen molar-refractivity contribution in [2.45, 2.75) is 13.0 Å². The number of nitriles is 1. The van der Waals surface area contributed by atoms with E-state index >= 15 is 0 Å². The van der Waals surface area contributed by atoms with Crippen molar-refractivity contribution >= 4 is 11.4 Å². The van der Waals surface area contributed by atoms with E-state index in [-0.39, 0.29) is 0 Å². The summed E-state index contributed by atoms with van der Waals surface area (Å²) in [6.45, 7) is 0.719. The summed E-state index contributed by atoms with van der Waals surface area (Å²) >= 11 is 0. The second kappa shape index (κ2) is 5.87. The second-order valence-corrected chi connectivity index (χ2v) is 4.40. The van der Waals surface area contributed by atoms with E-state index < -0.39 is 0 Å². The van der Waals surface area contributed by atoms with Crippen molar-refractivity contribution in [2.24, 2.45) is 0 Å². The van der Waals surface area contributed by atoms with Gasteiger partial charge in [-0.25, -0.2) is 0 Å². The van der Waals surface area contributed by atoms with Crippen molar-refractivity contribution in [3.63, 3.8) is 0 Å². The maximum atomic E-state index is 8.78. The van der Waals surface area contributed by atoms with Crippen molar-refractivity contribution in [2.75, 3.05) is 17.7 Å². The molecule has 0 aliphatic heterocycles. The Morgan fingerprint density at radius 1 is 1.32 bits per heavy atom. The van der Waals surface area contributed by atoms with Gasteiger partial charge in [-0.2, -0.15) is 5.26 Å². The van der Waals surface area contributed by atoms with Crippen LogP contribution in [0.3, 0.4) is 0 Å². The predicted octanol–water partition coefficient (Wildman–Crippen LogP) is 2.37. The fourth-order valence-corrected chi connectivity index (χ4v) is 1.89. The van der Waals surface area contributed by atoms with Gasteiger partial charge in [0, 0.05) is 24.6 Å². The largest absolute Gasteiger partial charge is 0.398 e. The van der Waals surface area contributed by atoms with Gasteiger partial charge in [-0.1, -0.05) is 6.07 Å². The number of nitrogens with two attached hydrogens (primary N) is 1. The Morgan fingerprint density at radius 2 is 2.16 bits per heavy atom. The summed E-state index contributed by atoms with van der Waals surface area (Å²) < 4.78 is 0. The molecule has 96 valence electrons. The molecular formula is C15H16N4. The SMILES string of the molecule is CN(Cc1ccccn1)c1ccc(N)c(CC#N)c1. The Kier molecular flexibility index (Phi) is 3.99. The molecule has 0 amide bonds. The molecule has 4 heteroatoms. The molecule has 0 fully saturated rings. The van der Waals surface area contributed by atoms with Crippen molar-refractivity contribution in [1.29, 1.82) is 5.26 Å². The van der Waals surface area contributed by atoms with Gasteiger partial charge in [0.1, 0.15) is 0 Å². The smallest absolute Gasteiger partial charge is 0.0670 e. The first kappa shape index (κ1) is 12.9. The molecule has 2 N–H and O–H groups in total. The lowest BCUT2D eigenvalue weighted by Crippen LogP contribution is -2.17. The van der Waals surface area contributed by atoms with Crippen LogP contribution in [-0.2, 0) is 13.0 Å². The molecule has 1 heterocycles. The third-order valence-electron chi connectivity index (χ3n) is 2.96. The van der Waals surface area contributed by atoms with Crippen LogP contribution in [0.2, 0.25) is 0 Å². The number of hydrogen-bond acceptors (Lipinski definition) is 4. The fourth-order valence-electron chi connectivity index (χ4n) is 1.89. The Morgan fingerprint density at radius 3 is 2.84 bits per heavy atom. The summed E-state index contributed by atoms with van der Waals surface area (Å²) in [5.74, 6) is 0. The molecule has 4 nitrogen and oxygen atoms in total. The molecule has 0 aliphatic rings. The van der Waals surface area contributed by atoms with Gasteiger partial charge in [0.15, 0.2) is 0 Å². The molecule has 0 atom stereocenters. The van der Waals surface area contributed by atoms with E-state index in [1.807, 2.05) is 43.4 Å². The number of benzene rings is 1. The zero-order valence-electron chi connectivity index (χ0n) is 10.9. The van der Waals surface area contributed by atoms with Gasteiger partial charge in [-0.3, -0.25) is 4.98 Å². The second-order valence-electron chi connectivity index (χ2n) is 4.40. The quantitative estimate of drug-likeness (QED) is 0.848. The minimum Gasteiger partial charge on any atom is -0.398 e. The van der Waals surface area contributed by atoms with Crippen LogP contribution in [0.25, 0.3) is 0 Å². The van der Waals surface area contributed by atoms with Crippen LogP contribution in [0, 0.1) is 11.3 Å². The van der Waals surface area contributed by atoms with Crippen molar-refractivity contribution < 1.29 is 0 Å². The summed E-state index contributed by atoms with van der Waals surface area (Å²) in [6.07, 6.45) is 2.12. The molecule has 0 saturated carbocycles. The number of aromatic nitrogens is 1. The maximum absolute atomic E-state index is 8.78. The Bertz CT molecular complexity index is 587. The average molecular weight is 252 g/mol. The lowest BCUT2D eigenvalue weighted by molar-refractivity contribution is 0.884. The Hall–Kier alpha value is -2.54. The van der Waals surface area contributed by atoms with Gasteiger partial charge >= 0.3 is 0 Å². The Labute approximate surface area is 113 Å². The highest BCUT2D eigenvalue weighted by molar-refractivity contribution is 5.59. The molecule has 1 aromatic carbocycles. The summed E-state index contributed by atoms with van der Waals surface area (Å²) in [7, 11) is 2.00. The van der Waals surface area contributed by atoms with Gasteiger partial charge in [0.2, 0.25) is 0 Å². The predicted molar refractivity (Wildman–Crippen MR) is 76.5 cm³/mol. The summed E-state index contributed by atoms with van der Waals surface area (Å²) in [5.41, 5.74) is 9.41. The Balaban J connectivity index is 2.17. The molecule has 2 aromatic rings. The lowest BCUT2D eigenvalue weighted by atomic mass is 10.1. The summed E-state index contributed by atoms with van der Waals surface area (Å²) in [5, 5.41) is 8.78. The number of rotatable bonds is 4. The molecule has 19 heavy (non-hydrogen) atoms.